The number of ether oxygens (including phenoxy) is 1. The van der Waals surface area contributed by atoms with Crippen molar-refractivity contribution < 1.29 is 9.53 Å². The predicted octanol–water partition coefficient (Wildman–Crippen LogP) is 8.36. The number of carbonyl (C=O) groups is 1. The van der Waals surface area contributed by atoms with Crippen molar-refractivity contribution in [3.05, 3.63) is 204 Å². The van der Waals surface area contributed by atoms with E-state index in [9.17, 15) is 0 Å². The summed E-state index contributed by atoms with van der Waals surface area (Å²) in [4.78, 5) is 15.1. The van der Waals surface area contributed by atoms with Crippen LogP contribution in [0.5, 0.6) is 0 Å². The van der Waals surface area contributed by atoms with E-state index in [0.717, 1.165) is 54.6 Å². The van der Waals surface area contributed by atoms with Crippen LogP contribution in [0.25, 0.3) is 5.57 Å². The van der Waals surface area contributed by atoms with Crippen molar-refractivity contribution in [2.75, 3.05) is 6.61 Å². The molecule has 0 aliphatic carbocycles. The average molecular weight is 615 g/mol. The Kier molecular flexibility index (Phi) is 8.38. The van der Waals surface area contributed by atoms with Crippen LogP contribution < -0.4 is 15.9 Å². The van der Waals surface area contributed by atoms with Crippen molar-refractivity contribution in [1.29, 1.82) is 0 Å². The van der Waals surface area contributed by atoms with Gasteiger partial charge in [0.1, 0.15) is 0 Å². The Labute approximate surface area is 271 Å². The summed E-state index contributed by atoms with van der Waals surface area (Å²) in [5.74, 6) is -0.504. The van der Waals surface area contributed by atoms with Gasteiger partial charge in [-0.1, -0.05) is 176 Å². The van der Waals surface area contributed by atoms with Crippen LogP contribution in [0.3, 0.4) is 0 Å². The van der Waals surface area contributed by atoms with Gasteiger partial charge in [0.05, 0.1) is 11.9 Å². The van der Waals surface area contributed by atoms with Gasteiger partial charge in [-0.15, -0.1) is 0 Å². The molecule has 2 nitrogen and oxygen atoms in total. The van der Waals surface area contributed by atoms with Crippen molar-refractivity contribution in [3.8, 4) is 0 Å². The van der Waals surface area contributed by atoms with Gasteiger partial charge in [0, 0.05) is 5.92 Å². The zero-order valence-corrected chi connectivity index (χ0v) is 26.7. The van der Waals surface area contributed by atoms with Gasteiger partial charge in [0.15, 0.2) is 0 Å². The molecular weight excluding hydrogens is 579 g/mol. The number of hydrogen-bond acceptors (Lipinski definition) is 2. The van der Waals surface area contributed by atoms with Crippen LogP contribution in [0.1, 0.15) is 35.1 Å². The normalized spacial score (nSPS) is 13.7. The van der Waals surface area contributed by atoms with Crippen LogP contribution in [0.2, 0.25) is 0 Å². The number of carbonyl (C=O) groups excluding carboxylic acids is 1. The molecule has 224 valence electrons. The van der Waals surface area contributed by atoms with Gasteiger partial charge in [-0.3, -0.25) is 0 Å². The summed E-state index contributed by atoms with van der Waals surface area (Å²) in [6, 6.07) is 61.7. The fourth-order valence-electron chi connectivity index (χ4n) is 6.99. The zero-order chi connectivity index (χ0) is 31.3. The highest BCUT2D eigenvalue weighted by atomic mass is 31.2. The van der Waals surface area contributed by atoms with E-state index in [1.807, 2.05) is 25.1 Å². The Morgan fingerprint density at radius 1 is 0.565 bits per heavy atom. The van der Waals surface area contributed by atoms with Gasteiger partial charge in [-0.25, -0.2) is 4.79 Å². The summed E-state index contributed by atoms with van der Waals surface area (Å²) in [6.07, 6.45) is 0. The van der Waals surface area contributed by atoms with E-state index in [4.69, 9.17) is 4.74 Å². The van der Waals surface area contributed by atoms with Crippen LogP contribution >= 0.6 is 6.89 Å². The van der Waals surface area contributed by atoms with Crippen molar-refractivity contribution >= 4 is 39.6 Å². The number of esters is 1. The van der Waals surface area contributed by atoms with E-state index in [-0.39, 0.29) is 18.5 Å². The molecule has 6 aromatic carbocycles. The number of rotatable bonds is 8. The maximum absolute atomic E-state index is 15.1. The second-order valence-corrected chi connectivity index (χ2v) is 14.6. The summed E-state index contributed by atoms with van der Waals surface area (Å²) in [5, 5.41) is 4.17. The fourth-order valence-corrected chi connectivity index (χ4v) is 11.6. The van der Waals surface area contributed by atoms with Gasteiger partial charge < -0.3 is 4.74 Å². The summed E-state index contributed by atoms with van der Waals surface area (Å²) < 4.78 is 6.15. The molecular formula is C43H35O2P. The highest BCUT2D eigenvalue weighted by molar-refractivity contribution is 7.97. The second kappa shape index (κ2) is 13.1. The Bertz CT molecular complexity index is 1970. The van der Waals surface area contributed by atoms with Gasteiger partial charge in [0.2, 0.25) is 0 Å². The second-order valence-electron chi connectivity index (χ2n) is 11.3. The topological polar surface area (TPSA) is 26.3 Å². The third kappa shape index (κ3) is 5.06. The molecule has 0 radical (unpaired) electrons. The van der Waals surface area contributed by atoms with E-state index >= 15 is 4.79 Å². The van der Waals surface area contributed by atoms with Crippen LogP contribution in [0.15, 0.2) is 181 Å². The largest absolute Gasteiger partial charge is 0.462 e. The molecule has 1 aliphatic rings. The lowest BCUT2D eigenvalue weighted by Crippen LogP contribution is -2.40. The van der Waals surface area contributed by atoms with Crippen molar-refractivity contribution in [2.24, 2.45) is 0 Å². The minimum absolute atomic E-state index is 0.239. The van der Waals surface area contributed by atoms with E-state index in [0.29, 0.717) is 0 Å². The zero-order valence-electron chi connectivity index (χ0n) is 25.8. The molecule has 0 saturated carbocycles. The molecule has 1 aliphatic heterocycles. The third-order valence-electron chi connectivity index (χ3n) is 8.77. The number of fused-ring (bicyclic) bond motifs is 1. The first kappa shape index (κ1) is 29.5. The Morgan fingerprint density at radius 2 is 1.00 bits per heavy atom. The highest BCUT2D eigenvalue weighted by Gasteiger charge is 2.44. The van der Waals surface area contributed by atoms with Gasteiger partial charge in [0.25, 0.3) is 0 Å². The quantitative estimate of drug-likeness (QED) is 0.127. The SMILES string of the molecule is CCOC(=O)C1=P(c2ccccc2)(c2ccccc2)c2ccccc2C(c2ccccc2)=C1C(c1ccccc1)c1ccccc1. The van der Waals surface area contributed by atoms with E-state index in [1.54, 1.807) is 0 Å². The summed E-state index contributed by atoms with van der Waals surface area (Å²) in [5.41, 5.74) is 6.54. The molecule has 46 heavy (non-hydrogen) atoms. The van der Waals surface area contributed by atoms with Crippen LogP contribution in [0.4, 0.5) is 0 Å². The van der Waals surface area contributed by atoms with E-state index in [2.05, 4.69) is 158 Å². The predicted molar refractivity (Wildman–Crippen MR) is 194 cm³/mol. The molecule has 0 saturated heterocycles. The lowest BCUT2D eigenvalue weighted by Gasteiger charge is -2.41. The first-order valence-electron chi connectivity index (χ1n) is 15.8. The standard InChI is InChI=1S/C43H35O2P/c1-2-45-43(44)42-41(39(32-20-8-3-9-21-32)33-22-10-4-11-23-33)40(34-24-12-5-13-25-34)37-30-18-19-31-38(37)46(42,35-26-14-6-15-27-35)36-28-16-7-17-29-36/h3-31,39H,2H2,1H3. The maximum atomic E-state index is 15.1. The first-order chi connectivity index (χ1) is 22.7. The molecule has 0 atom stereocenters. The summed E-state index contributed by atoms with van der Waals surface area (Å²) in [7, 11) is 0. The number of hydrogen-bond donors (Lipinski definition) is 0. The highest BCUT2D eigenvalue weighted by Crippen LogP contribution is 2.56. The van der Waals surface area contributed by atoms with Crippen LogP contribution in [0, 0.1) is 0 Å². The van der Waals surface area contributed by atoms with Crippen LogP contribution in [-0.2, 0) is 9.53 Å². The van der Waals surface area contributed by atoms with Crippen molar-refractivity contribution in [2.45, 2.75) is 12.8 Å². The minimum Gasteiger partial charge on any atom is -0.462 e. The van der Waals surface area contributed by atoms with E-state index < -0.39 is 6.89 Å². The van der Waals surface area contributed by atoms with Gasteiger partial charge >= 0.3 is 5.97 Å². The maximum Gasteiger partial charge on any atom is 0.339 e. The van der Waals surface area contributed by atoms with E-state index in [1.165, 1.54) is 0 Å². The molecule has 0 amide bonds. The lowest BCUT2D eigenvalue weighted by atomic mass is 9.77. The Morgan fingerprint density at radius 3 is 1.50 bits per heavy atom. The third-order valence-corrected chi connectivity index (χ3v) is 13.1. The van der Waals surface area contributed by atoms with Crippen molar-refractivity contribution in [1.82, 2.24) is 0 Å². The Hall–Kier alpha value is -5.17. The summed E-state index contributed by atoms with van der Waals surface area (Å²) in [6.45, 7) is -0.628. The van der Waals surface area contributed by atoms with Crippen molar-refractivity contribution in [3.63, 3.8) is 0 Å². The molecule has 0 unspecified atom stereocenters. The van der Waals surface area contributed by atoms with Gasteiger partial charge in [-0.05, 0) is 63.1 Å². The monoisotopic (exact) mass is 614 g/mol. The fraction of sp³-hybridized carbons (Fsp3) is 0.0698. The molecule has 0 bridgehead atoms. The molecule has 0 fully saturated rings. The number of benzene rings is 6. The smallest absolute Gasteiger partial charge is 0.339 e. The average Bonchev–Trinajstić information content (AvgIpc) is 3.13. The molecule has 1 heterocycles. The van der Waals surface area contributed by atoms with Crippen LogP contribution in [-0.4, -0.2) is 17.9 Å². The molecule has 0 aromatic heterocycles. The molecule has 7 rings (SSSR count). The molecule has 6 aromatic rings. The molecule has 0 N–H and O–H groups in total. The first-order valence-corrected chi connectivity index (χ1v) is 17.6. The lowest BCUT2D eigenvalue weighted by molar-refractivity contribution is -0.134. The minimum atomic E-state index is -2.81. The summed E-state index contributed by atoms with van der Waals surface area (Å²) >= 11 is 0. The molecule has 0 spiro atoms. The Balaban J connectivity index is 1.80. The molecule has 3 heteroatoms. The van der Waals surface area contributed by atoms with Gasteiger partial charge in [-0.2, -0.15) is 0 Å².